The summed E-state index contributed by atoms with van der Waals surface area (Å²) in [6.45, 7) is 3.83. The minimum absolute atomic E-state index is 0.0474. The molecule has 0 aromatic heterocycles. The molecule has 0 aliphatic carbocycles. The highest BCUT2D eigenvalue weighted by molar-refractivity contribution is 7.92. The van der Waals surface area contributed by atoms with E-state index in [4.69, 9.17) is 4.74 Å². The van der Waals surface area contributed by atoms with Crippen molar-refractivity contribution in [2.75, 3.05) is 30.8 Å². The van der Waals surface area contributed by atoms with Crippen molar-refractivity contribution in [3.63, 3.8) is 0 Å². The van der Waals surface area contributed by atoms with Gasteiger partial charge in [-0.2, -0.15) is 0 Å². The van der Waals surface area contributed by atoms with Crippen molar-refractivity contribution >= 4 is 27.5 Å². The topological polar surface area (TPSA) is 125 Å². The minimum atomic E-state index is -3.64. The van der Waals surface area contributed by atoms with Gasteiger partial charge in [0.1, 0.15) is 12.4 Å². The molecule has 34 heavy (non-hydrogen) atoms. The fourth-order valence-electron chi connectivity index (χ4n) is 3.56. The van der Waals surface area contributed by atoms with E-state index in [9.17, 15) is 23.1 Å². The van der Waals surface area contributed by atoms with Gasteiger partial charge < -0.3 is 20.5 Å². The van der Waals surface area contributed by atoms with Crippen molar-refractivity contribution in [3.05, 3.63) is 59.2 Å². The summed E-state index contributed by atoms with van der Waals surface area (Å²) in [4.78, 5) is 26.2. The van der Waals surface area contributed by atoms with Crippen molar-refractivity contribution in [3.8, 4) is 5.75 Å². The predicted molar refractivity (Wildman–Crippen MR) is 130 cm³/mol. The van der Waals surface area contributed by atoms with Crippen molar-refractivity contribution < 1.29 is 27.9 Å². The summed E-state index contributed by atoms with van der Waals surface area (Å²) in [6, 6.07) is 10.7. The minimum Gasteiger partial charge on any atom is -0.491 e. The molecular formula is C24H31N3O6S. The van der Waals surface area contributed by atoms with Crippen LogP contribution in [0.1, 0.15) is 40.1 Å². The fraction of sp³-hybridized carbons (Fsp3) is 0.417. The van der Waals surface area contributed by atoms with Crippen LogP contribution >= 0.6 is 0 Å². The van der Waals surface area contributed by atoms with Gasteiger partial charge in [0.25, 0.3) is 11.8 Å². The SMILES string of the molecule is CC(C)C1COc2cccc(c2)CC(CO)NC(=O)c2cc(cc(N(C)S(C)(=O)=O)c2)C(=O)N1. The molecule has 2 atom stereocenters. The van der Waals surface area contributed by atoms with Gasteiger partial charge in [-0.15, -0.1) is 0 Å². The molecule has 1 aliphatic rings. The number of sulfonamides is 1. The molecule has 0 saturated heterocycles. The molecule has 2 amide bonds. The quantitative estimate of drug-likeness (QED) is 0.599. The summed E-state index contributed by atoms with van der Waals surface area (Å²) in [5.41, 5.74) is 1.29. The summed E-state index contributed by atoms with van der Waals surface area (Å²) in [5.74, 6) is -0.318. The number of benzene rings is 2. The lowest BCUT2D eigenvalue weighted by Crippen LogP contribution is -2.43. The van der Waals surface area contributed by atoms with E-state index in [1.807, 2.05) is 38.1 Å². The highest BCUT2D eigenvalue weighted by Gasteiger charge is 2.23. The number of anilines is 1. The first-order chi connectivity index (χ1) is 16.0. The van der Waals surface area contributed by atoms with Crippen LogP contribution in [0, 0.1) is 5.92 Å². The van der Waals surface area contributed by atoms with Crippen LogP contribution < -0.4 is 19.7 Å². The molecule has 2 aromatic rings. The van der Waals surface area contributed by atoms with Crippen LogP contribution in [-0.2, 0) is 16.4 Å². The molecule has 184 valence electrons. The Morgan fingerprint density at radius 2 is 1.74 bits per heavy atom. The Balaban J connectivity index is 2.09. The van der Waals surface area contributed by atoms with Gasteiger partial charge in [-0.1, -0.05) is 26.0 Å². The molecule has 10 heteroatoms. The lowest BCUT2D eigenvalue weighted by Gasteiger charge is -2.24. The van der Waals surface area contributed by atoms with Crippen LogP contribution in [0.3, 0.4) is 0 Å². The average molecular weight is 490 g/mol. The Hall–Kier alpha value is -3.11. The third-order valence-electron chi connectivity index (χ3n) is 5.79. The Labute approximate surface area is 200 Å². The van der Waals surface area contributed by atoms with Crippen LogP contribution in [0.25, 0.3) is 0 Å². The van der Waals surface area contributed by atoms with E-state index in [-0.39, 0.29) is 42.0 Å². The van der Waals surface area contributed by atoms with Crippen molar-refractivity contribution in [2.45, 2.75) is 32.4 Å². The highest BCUT2D eigenvalue weighted by Crippen LogP contribution is 2.22. The second-order valence-corrected chi connectivity index (χ2v) is 10.9. The van der Waals surface area contributed by atoms with Crippen molar-refractivity contribution in [2.24, 2.45) is 5.92 Å². The fourth-order valence-corrected chi connectivity index (χ4v) is 4.05. The molecule has 2 aromatic carbocycles. The Morgan fingerprint density at radius 3 is 2.32 bits per heavy atom. The monoisotopic (exact) mass is 489 g/mol. The molecule has 1 aliphatic heterocycles. The smallest absolute Gasteiger partial charge is 0.251 e. The third kappa shape index (κ3) is 6.27. The number of ether oxygens (including phenoxy) is 1. The number of nitrogens with one attached hydrogen (secondary N) is 2. The Kier molecular flexibility index (Phi) is 7.83. The van der Waals surface area contributed by atoms with Gasteiger partial charge in [0, 0.05) is 18.2 Å². The van der Waals surface area contributed by atoms with E-state index in [2.05, 4.69) is 10.6 Å². The van der Waals surface area contributed by atoms with Gasteiger partial charge in [0.05, 0.1) is 30.6 Å². The normalized spacial score (nSPS) is 19.4. The predicted octanol–water partition coefficient (Wildman–Crippen LogP) is 1.56. The van der Waals surface area contributed by atoms with E-state index >= 15 is 0 Å². The number of aliphatic hydroxyl groups is 1. The van der Waals surface area contributed by atoms with Crippen LogP contribution in [-0.4, -0.2) is 63.9 Å². The van der Waals surface area contributed by atoms with Crippen LogP contribution in [0.4, 0.5) is 5.69 Å². The number of hydrogen-bond donors (Lipinski definition) is 3. The number of fused-ring (bicyclic) bond motifs is 4. The summed E-state index contributed by atoms with van der Waals surface area (Å²) >= 11 is 0. The van der Waals surface area contributed by atoms with Gasteiger partial charge in [-0.3, -0.25) is 13.9 Å². The molecule has 4 bridgehead atoms. The van der Waals surface area contributed by atoms with E-state index in [0.29, 0.717) is 12.2 Å². The van der Waals surface area contributed by atoms with E-state index < -0.39 is 27.9 Å². The van der Waals surface area contributed by atoms with Gasteiger partial charge in [-0.05, 0) is 48.2 Å². The molecule has 0 fully saturated rings. The molecule has 0 saturated carbocycles. The first-order valence-electron chi connectivity index (χ1n) is 11.0. The molecule has 3 N–H and O–H groups in total. The maximum Gasteiger partial charge on any atom is 0.251 e. The zero-order valence-electron chi connectivity index (χ0n) is 19.7. The van der Waals surface area contributed by atoms with E-state index in [0.717, 1.165) is 16.1 Å². The Morgan fingerprint density at radius 1 is 1.09 bits per heavy atom. The average Bonchev–Trinajstić information content (AvgIpc) is 2.79. The largest absolute Gasteiger partial charge is 0.491 e. The molecular weight excluding hydrogens is 458 g/mol. The highest BCUT2D eigenvalue weighted by atomic mass is 32.2. The number of rotatable bonds is 4. The standard InChI is InChI=1S/C24H31N3O6S/c1-15(2)22-14-33-21-7-5-6-16(9-21)8-19(13-28)25-23(29)17-10-18(24(30)26-22)12-20(11-17)27(3)34(4,31)32/h5-7,9-12,15,19,22,28H,8,13-14H2,1-4H3,(H,25,29)(H,26,30). The summed E-state index contributed by atoms with van der Waals surface area (Å²) in [6.07, 6.45) is 1.40. The lowest BCUT2D eigenvalue weighted by atomic mass is 10.0. The van der Waals surface area contributed by atoms with Crippen molar-refractivity contribution in [1.29, 1.82) is 0 Å². The molecule has 3 rings (SSSR count). The number of hydrogen-bond acceptors (Lipinski definition) is 6. The van der Waals surface area contributed by atoms with Gasteiger partial charge in [0.2, 0.25) is 10.0 Å². The summed E-state index contributed by atoms with van der Waals surface area (Å²) in [7, 11) is -2.28. The van der Waals surface area contributed by atoms with Crippen LogP contribution in [0.5, 0.6) is 5.75 Å². The number of amides is 2. The molecule has 1 heterocycles. The van der Waals surface area contributed by atoms with Gasteiger partial charge >= 0.3 is 0 Å². The second-order valence-electron chi connectivity index (χ2n) is 8.84. The number of aliphatic hydroxyl groups excluding tert-OH is 1. The van der Waals surface area contributed by atoms with Crippen molar-refractivity contribution in [1.82, 2.24) is 10.6 Å². The number of carbonyl (C=O) groups is 2. The lowest BCUT2D eigenvalue weighted by molar-refractivity contribution is 0.0904. The molecule has 9 nitrogen and oxygen atoms in total. The summed E-state index contributed by atoms with van der Waals surface area (Å²) < 4.78 is 31.2. The maximum atomic E-state index is 13.2. The van der Waals surface area contributed by atoms with E-state index in [1.165, 1.54) is 25.2 Å². The van der Waals surface area contributed by atoms with Crippen LogP contribution in [0.15, 0.2) is 42.5 Å². The molecule has 2 unspecified atom stereocenters. The first-order valence-corrected chi connectivity index (χ1v) is 12.9. The number of carbonyl (C=O) groups excluding carboxylic acids is 2. The third-order valence-corrected chi connectivity index (χ3v) is 7.00. The molecule has 0 spiro atoms. The summed E-state index contributed by atoms with van der Waals surface area (Å²) in [5, 5.41) is 15.6. The Bertz CT molecular complexity index is 1170. The van der Waals surface area contributed by atoms with Gasteiger partial charge in [0.15, 0.2) is 0 Å². The van der Waals surface area contributed by atoms with E-state index in [1.54, 1.807) is 0 Å². The zero-order valence-corrected chi connectivity index (χ0v) is 20.6. The molecule has 0 radical (unpaired) electrons. The zero-order chi connectivity index (χ0) is 25.0. The second kappa shape index (κ2) is 10.4. The van der Waals surface area contributed by atoms with Gasteiger partial charge in [-0.25, -0.2) is 8.42 Å². The maximum absolute atomic E-state index is 13.2. The first kappa shape index (κ1) is 25.5. The van der Waals surface area contributed by atoms with Crippen LogP contribution in [0.2, 0.25) is 0 Å². The number of nitrogens with zero attached hydrogens (tertiary/aromatic N) is 1.